The Labute approximate surface area is 168 Å². The number of hydrogen-bond acceptors (Lipinski definition) is 6. The van der Waals surface area contributed by atoms with E-state index in [1.54, 1.807) is 0 Å². The van der Waals surface area contributed by atoms with E-state index in [1.165, 1.54) is 18.2 Å². The molecule has 3 N–H and O–H groups in total. The molecule has 0 radical (unpaired) electrons. The van der Waals surface area contributed by atoms with Crippen molar-refractivity contribution < 1.29 is 19.2 Å². The van der Waals surface area contributed by atoms with Crippen molar-refractivity contribution in [1.29, 1.82) is 0 Å². The molecule has 1 aliphatic heterocycles. The lowest BCUT2D eigenvalue weighted by molar-refractivity contribution is -0.383. The Hall–Kier alpha value is -3.29. The van der Waals surface area contributed by atoms with Gasteiger partial charge in [-0.15, -0.1) is 0 Å². The van der Waals surface area contributed by atoms with E-state index in [4.69, 9.17) is 15.2 Å². The third-order valence-corrected chi connectivity index (χ3v) is 5.79. The van der Waals surface area contributed by atoms with E-state index < -0.39 is 4.92 Å². The summed E-state index contributed by atoms with van der Waals surface area (Å²) in [5.74, 6) is 1.13. The lowest BCUT2D eigenvalue weighted by atomic mass is 9.78. The minimum Gasteiger partial charge on any atom is -0.486 e. The Morgan fingerprint density at radius 3 is 2.55 bits per heavy atom. The number of ether oxygens (including phenoxy) is 2. The second kappa shape index (κ2) is 7.62. The zero-order valence-corrected chi connectivity index (χ0v) is 16.0. The van der Waals surface area contributed by atoms with Crippen LogP contribution in [0.1, 0.15) is 41.6 Å². The maximum atomic E-state index is 12.7. The Kier molecular flexibility index (Phi) is 5.00. The smallest absolute Gasteiger partial charge is 0.292 e. The molecule has 1 saturated carbocycles. The molecule has 0 aromatic heterocycles. The number of amides is 1. The van der Waals surface area contributed by atoms with Crippen LogP contribution < -0.4 is 20.5 Å². The molecule has 0 saturated heterocycles. The summed E-state index contributed by atoms with van der Waals surface area (Å²) in [6, 6.07) is 10.1. The summed E-state index contributed by atoms with van der Waals surface area (Å²) in [5.41, 5.74) is 6.54. The summed E-state index contributed by atoms with van der Waals surface area (Å²) in [6.45, 7) is 1.51. The highest BCUT2D eigenvalue weighted by Gasteiger charge is 2.37. The molecule has 1 aliphatic carbocycles. The summed E-state index contributed by atoms with van der Waals surface area (Å²) >= 11 is 0. The average molecular weight is 397 g/mol. The van der Waals surface area contributed by atoms with Gasteiger partial charge < -0.3 is 20.5 Å². The molecular formula is C21H23N3O5. The summed E-state index contributed by atoms with van der Waals surface area (Å²) in [5, 5.41) is 14.1. The topological polar surface area (TPSA) is 117 Å². The standard InChI is InChI=1S/C21H23N3O5/c22-16-5-3-14(11-17(16)24(26)27)20(25)23-13-21(7-1-2-8-21)15-4-6-18-19(12-15)29-10-9-28-18/h3-6,11-12H,1-2,7-10,13,22H2,(H,23,25). The Bertz CT molecular complexity index is 953. The van der Waals surface area contributed by atoms with Crippen LogP contribution in [0, 0.1) is 10.1 Å². The quantitative estimate of drug-likeness (QED) is 0.455. The molecule has 152 valence electrons. The number of nitrogens with one attached hydrogen (secondary N) is 1. The molecule has 8 nitrogen and oxygen atoms in total. The lowest BCUT2D eigenvalue weighted by Crippen LogP contribution is -2.39. The van der Waals surface area contributed by atoms with E-state index in [9.17, 15) is 14.9 Å². The molecule has 4 rings (SSSR count). The van der Waals surface area contributed by atoms with Crippen molar-refractivity contribution in [2.75, 3.05) is 25.5 Å². The van der Waals surface area contributed by atoms with Crippen molar-refractivity contribution in [3.63, 3.8) is 0 Å². The number of nitrogens with zero attached hydrogens (tertiary/aromatic N) is 1. The van der Waals surface area contributed by atoms with Gasteiger partial charge in [-0.3, -0.25) is 14.9 Å². The molecular weight excluding hydrogens is 374 g/mol. The van der Waals surface area contributed by atoms with Gasteiger partial charge in [0.15, 0.2) is 11.5 Å². The van der Waals surface area contributed by atoms with E-state index in [0.29, 0.717) is 19.8 Å². The first-order valence-electron chi connectivity index (χ1n) is 9.71. The van der Waals surface area contributed by atoms with Gasteiger partial charge in [0.25, 0.3) is 11.6 Å². The molecule has 0 unspecified atom stereocenters. The van der Waals surface area contributed by atoms with E-state index >= 15 is 0 Å². The minimum atomic E-state index is -0.584. The predicted molar refractivity (Wildman–Crippen MR) is 107 cm³/mol. The van der Waals surface area contributed by atoms with Gasteiger partial charge in [0.1, 0.15) is 18.9 Å². The monoisotopic (exact) mass is 397 g/mol. The zero-order valence-electron chi connectivity index (χ0n) is 16.0. The molecule has 29 heavy (non-hydrogen) atoms. The third-order valence-electron chi connectivity index (χ3n) is 5.79. The molecule has 1 fully saturated rings. The van der Waals surface area contributed by atoms with Crippen LogP contribution in [-0.4, -0.2) is 30.6 Å². The largest absolute Gasteiger partial charge is 0.486 e. The third kappa shape index (κ3) is 3.70. The van der Waals surface area contributed by atoms with E-state index in [0.717, 1.165) is 42.7 Å². The number of carbonyl (C=O) groups is 1. The molecule has 1 amide bonds. The molecule has 8 heteroatoms. The van der Waals surface area contributed by atoms with Crippen LogP contribution in [0.4, 0.5) is 11.4 Å². The average Bonchev–Trinajstić information content (AvgIpc) is 3.22. The fourth-order valence-corrected chi connectivity index (χ4v) is 4.19. The minimum absolute atomic E-state index is 0.0371. The van der Waals surface area contributed by atoms with E-state index in [2.05, 4.69) is 5.32 Å². The fourth-order valence-electron chi connectivity index (χ4n) is 4.19. The van der Waals surface area contributed by atoms with Crippen molar-refractivity contribution in [3.8, 4) is 11.5 Å². The van der Waals surface area contributed by atoms with Crippen LogP contribution >= 0.6 is 0 Å². The Morgan fingerprint density at radius 2 is 1.83 bits per heavy atom. The highest BCUT2D eigenvalue weighted by atomic mass is 16.6. The van der Waals surface area contributed by atoms with Crippen molar-refractivity contribution in [2.45, 2.75) is 31.1 Å². The van der Waals surface area contributed by atoms with Crippen LogP contribution in [0.2, 0.25) is 0 Å². The number of fused-ring (bicyclic) bond motifs is 1. The van der Waals surface area contributed by atoms with Gasteiger partial charge in [-0.1, -0.05) is 18.9 Å². The normalized spacial score (nSPS) is 17.0. The number of anilines is 1. The van der Waals surface area contributed by atoms with E-state index in [1.807, 2.05) is 18.2 Å². The number of carbonyl (C=O) groups excluding carboxylic acids is 1. The maximum absolute atomic E-state index is 12.7. The van der Waals surface area contributed by atoms with Crippen molar-refractivity contribution >= 4 is 17.3 Å². The predicted octanol–water partition coefficient (Wildman–Crippen LogP) is 3.19. The number of nitrogen functional groups attached to an aromatic ring is 1. The number of hydrogen-bond donors (Lipinski definition) is 2. The van der Waals surface area contributed by atoms with Gasteiger partial charge >= 0.3 is 0 Å². The lowest BCUT2D eigenvalue weighted by Gasteiger charge is -2.31. The van der Waals surface area contributed by atoms with Gasteiger partial charge in [-0.2, -0.15) is 0 Å². The SMILES string of the molecule is Nc1ccc(C(=O)NCC2(c3ccc4c(c3)OCCO4)CCCC2)cc1[N+](=O)[O-]. The molecule has 0 bridgehead atoms. The highest BCUT2D eigenvalue weighted by Crippen LogP contribution is 2.43. The summed E-state index contributed by atoms with van der Waals surface area (Å²) in [6.07, 6.45) is 4.07. The molecule has 1 heterocycles. The first kappa shape index (κ1) is 19.0. The summed E-state index contributed by atoms with van der Waals surface area (Å²) < 4.78 is 11.3. The second-order valence-electron chi connectivity index (χ2n) is 7.56. The van der Waals surface area contributed by atoms with Crippen molar-refractivity contribution in [2.24, 2.45) is 0 Å². The van der Waals surface area contributed by atoms with Crippen LogP contribution in [0.25, 0.3) is 0 Å². The van der Waals surface area contributed by atoms with Gasteiger partial charge in [-0.05, 0) is 42.7 Å². The number of benzene rings is 2. The van der Waals surface area contributed by atoms with Crippen molar-refractivity contribution in [3.05, 3.63) is 57.6 Å². The van der Waals surface area contributed by atoms with Crippen LogP contribution in [0.5, 0.6) is 11.5 Å². The van der Waals surface area contributed by atoms with E-state index in [-0.39, 0.29) is 28.3 Å². The van der Waals surface area contributed by atoms with Gasteiger partial charge in [-0.25, -0.2) is 0 Å². The molecule has 2 aromatic rings. The number of nitrogens with two attached hydrogens (primary N) is 1. The molecule has 0 spiro atoms. The van der Waals surface area contributed by atoms with Crippen molar-refractivity contribution in [1.82, 2.24) is 5.32 Å². The Balaban J connectivity index is 1.54. The van der Waals surface area contributed by atoms with Crippen LogP contribution in [0.15, 0.2) is 36.4 Å². The fraction of sp³-hybridized carbons (Fsp3) is 0.381. The number of nitro benzene ring substituents is 1. The summed E-state index contributed by atoms with van der Waals surface area (Å²) in [7, 11) is 0. The summed E-state index contributed by atoms with van der Waals surface area (Å²) in [4.78, 5) is 23.2. The highest BCUT2D eigenvalue weighted by molar-refractivity contribution is 5.95. The second-order valence-corrected chi connectivity index (χ2v) is 7.56. The number of nitro groups is 1. The maximum Gasteiger partial charge on any atom is 0.292 e. The van der Waals surface area contributed by atoms with Crippen LogP contribution in [0.3, 0.4) is 0 Å². The van der Waals surface area contributed by atoms with Gasteiger partial charge in [0, 0.05) is 23.6 Å². The first-order valence-corrected chi connectivity index (χ1v) is 9.71. The van der Waals surface area contributed by atoms with Crippen LogP contribution in [-0.2, 0) is 5.41 Å². The van der Waals surface area contributed by atoms with Gasteiger partial charge in [0.05, 0.1) is 4.92 Å². The molecule has 0 atom stereocenters. The first-order chi connectivity index (χ1) is 14.0. The Morgan fingerprint density at radius 1 is 1.10 bits per heavy atom. The molecule has 2 aromatic carbocycles. The zero-order chi connectivity index (χ0) is 20.4. The van der Waals surface area contributed by atoms with Gasteiger partial charge in [0.2, 0.25) is 0 Å². The molecule has 2 aliphatic rings. The number of rotatable bonds is 5.